The molecule has 1 fully saturated rings. The van der Waals surface area contributed by atoms with E-state index in [1.54, 1.807) is 0 Å². The Morgan fingerprint density at radius 3 is 2.95 bits per heavy atom. The first-order valence-corrected chi connectivity index (χ1v) is 6.26. The molecule has 0 bridgehead atoms. The number of amides is 1. The normalized spacial score (nSPS) is 18.4. The third-order valence-corrected chi connectivity index (χ3v) is 3.29. The second kappa shape index (κ2) is 5.44. The first kappa shape index (κ1) is 13.6. The third kappa shape index (κ3) is 3.14. The van der Waals surface area contributed by atoms with Crippen molar-refractivity contribution in [3.05, 3.63) is 22.8 Å². The number of anilines is 1. The summed E-state index contributed by atoms with van der Waals surface area (Å²) in [6.45, 7) is 2.82. The summed E-state index contributed by atoms with van der Waals surface area (Å²) in [7, 11) is 0. The van der Waals surface area contributed by atoms with Crippen molar-refractivity contribution in [1.82, 2.24) is 10.3 Å². The number of nitrogens with zero attached hydrogens (tertiary/aromatic N) is 2. The van der Waals surface area contributed by atoms with Crippen LogP contribution in [-0.4, -0.2) is 41.1 Å². The molecule has 6 nitrogen and oxygen atoms in total. The SMILES string of the molecule is CC(=O)NC1CCN(c2cc(C(=O)O)c(Cl)cn2)C1. The maximum Gasteiger partial charge on any atom is 0.337 e. The highest BCUT2D eigenvalue weighted by atomic mass is 35.5. The average Bonchev–Trinajstić information content (AvgIpc) is 2.76. The van der Waals surface area contributed by atoms with Crippen LogP contribution in [0.2, 0.25) is 5.02 Å². The number of hydrogen-bond donors (Lipinski definition) is 2. The number of hydrogen-bond acceptors (Lipinski definition) is 4. The minimum atomic E-state index is -1.08. The molecule has 102 valence electrons. The molecule has 0 saturated carbocycles. The van der Waals surface area contributed by atoms with E-state index in [1.165, 1.54) is 19.2 Å². The molecule has 7 heteroatoms. The molecule has 1 amide bonds. The number of nitrogens with one attached hydrogen (secondary N) is 1. The molecule has 1 aliphatic rings. The van der Waals surface area contributed by atoms with Gasteiger partial charge in [-0.1, -0.05) is 11.6 Å². The number of halogens is 1. The average molecular weight is 284 g/mol. The van der Waals surface area contributed by atoms with E-state index in [-0.39, 0.29) is 22.5 Å². The van der Waals surface area contributed by atoms with Crippen LogP contribution in [0.25, 0.3) is 0 Å². The summed E-state index contributed by atoms with van der Waals surface area (Å²) in [5, 5.41) is 12.0. The van der Waals surface area contributed by atoms with Gasteiger partial charge < -0.3 is 15.3 Å². The number of pyridine rings is 1. The van der Waals surface area contributed by atoms with Crippen molar-refractivity contribution in [3.63, 3.8) is 0 Å². The van der Waals surface area contributed by atoms with E-state index in [4.69, 9.17) is 16.7 Å². The molecule has 0 aromatic carbocycles. The Labute approximate surface area is 115 Å². The summed E-state index contributed by atoms with van der Waals surface area (Å²) in [5.74, 6) is -0.581. The summed E-state index contributed by atoms with van der Waals surface area (Å²) in [5.41, 5.74) is 0.0367. The van der Waals surface area contributed by atoms with Crippen molar-refractivity contribution >= 4 is 29.3 Å². The van der Waals surface area contributed by atoms with Crippen LogP contribution in [0.1, 0.15) is 23.7 Å². The minimum Gasteiger partial charge on any atom is -0.478 e. The highest BCUT2D eigenvalue weighted by Gasteiger charge is 2.25. The maximum atomic E-state index is 11.0. The zero-order valence-corrected chi connectivity index (χ0v) is 11.1. The number of carboxylic acids is 1. The molecule has 0 spiro atoms. The van der Waals surface area contributed by atoms with Gasteiger partial charge in [0, 0.05) is 32.3 Å². The highest BCUT2D eigenvalue weighted by Crippen LogP contribution is 2.23. The van der Waals surface area contributed by atoms with Gasteiger partial charge in [0.05, 0.1) is 10.6 Å². The number of carbonyl (C=O) groups excluding carboxylic acids is 1. The molecular formula is C12H14ClN3O3. The number of rotatable bonds is 3. The van der Waals surface area contributed by atoms with Crippen LogP contribution in [-0.2, 0) is 4.79 Å². The minimum absolute atomic E-state index is 0.0367. The summed E-state index contributed by atoms with van der Waals surface area (Å²) >= 11 is 5.78. The molecule has 2 rings (SSSR count). The topological polar surface area (TPSA) is 82.5 Å². The standard InChI is InChI=1S/C12H14ClN3O3/c1-7(17)15-8-2-3-16(6-8)11-4-9(12(18)19)10(13)5-14-11/h4-5,8H,2-3,6H2,1H3,(H,15,17)(H,18,19). The van der Waals surface area contributed by atoms with Crippen LogP contribution < -0.4 is 10.2 Å². The largest absolute Gasteiger partial charge is 0.478 e. The summed E-state index contributed by atoms with van der Waals surface area (Å²) < 4.78 is 0. The Balaban J connectivity index is 2.13. The van der Waals surface area contributed by atoms with Gasteiger partial charge >= 0.3 is 5.97 Å². The molecule has 1 unspecified atom stereocenters. The van der Waals surface area contributed by atoms with Gasteiger partial charge in [0.15, 0.2) is 0 Å². The Morgan fingerprint density at radius 1 is 1.58 bits per heavy atom. The number of aromatic nitrogens is 1. The monoisotopic (exact) mass is 283 g/mol. The smallest absolute Gasteiger partial charge is 0.337 e. The fourth-order valence-corrected chi connectivity index (χ4v) is 2.32. The quantitative estimate of drug-likeness (QED) is 0.869. The fraction of sp³-hybridized carbons (Fsp3) is 0.417. The van der Waals surface area contributed by atoms with Gasteiger partial charge in [0.1, 0.15) is 5.82 Å². The predicted octanol–water partition coefficient (Wildman–Crippen LogP) is 1.15. The Morgan fingerprint density at radius 2 is 2.32 bits per heavy atom. The van der Waals surface area contributed by atoms with Crippen LogP contribution in [0.4, 0.5) is 5.82 Å². The van der Waals surface area contributed by atoms with E-state index in [1.807, 2.05) is 4.90 Å². The molecule has 0 aliphatic carbocycles. The van der Waals surface area contributed by atoms with Gasteiger partial charge in [-0.05, 0) is 12.5 Å². The van der Waals surface area contributed by atoms with E-state index in [0.717, 1.165) is 13.0 Å². The summed E-state index contributed by atoms with van der Waals surface area (Å²) in [4.78, 5) is 28.1. The van der Waals surface area contributed by atoms with E-state index in [0.29, 0.717) is 12.4 Å². The summed E-state index contributed by atoms with van der Waals surface area (Å²) in [6.07, 6.45) is 2.15. The maximum absolute atomic E-state index is 11.0. The first-order chi connectivity index (χ1) is 8.97. The number of carbonyl (C=O) groups is 2. The summed E-state index contributed by atoms with van der Waals surface area (Å²) in [6, 6.07) is 1.53. The van der Waals surface area contributed by atoms with Gasteiger partial charge in [0.25, 0.3) is 0 Å². The fourth-order valence-electron chi connectivity index (χ4n) is 2.14. The van der Waals surface area contributed by atoms with Gasteiger partial charge in [0.2, 0.25) is 5.91 Å². The zero-order chi connectivity index (χ0) is 14.0. The lowest BCUT2D eigenvalue weighted by Gasteiger charge is -2.18. The van der Waals surface area contributed by atoms with Crippen LogP contribution in [0.3, 0.4) is 0 Å². The van der Waals surface area contributed by atoms with E-state index in [2.05, 4.69) is 10.3 Å². The van der Waals surface area contributed by atoms with Crippen molar-refractivity contribution < 1.29 is 14.7 Å². The number of carboxylic acid groups (broad SMARTS) is 1. The van der Waals surface area contributed by atoms with Gasteiger partial charge in [-0.2, -0.15) is 0 Å². The Hall–Kier alpha value is -1.82. The lowest BCUT2D eigenvalue weighted by molar-refractivity contribution is -0.119. The van der Waals surface area contributed by atoms with Crippen molar-refractivity contribution in [2.75, 3.05) is 18.0 Å². The third-order valence-electron chi connectivity index (χ3n) is 2.99. The Kier molecular flexibility index (Phi) is 3.90. The molecule has 0 radical (unpaired) electrons. The van der Waals surface area contributed by atoms with Gasteiger partial charge in [-0.25, -0.2) is 9.78 Å². The lowest BCUT2D eigenvalue weighted by Crippen LogP contribution is -2.35. The molecule has 1 saturated heterocycles. The van der Waals surface area contributed by atoms with E-state index >= 15 is 0 Å². The lowest BCUT2D eigenvalue weighted by atomic mass is 10.2. The molecule has 1 atom stereocenters. The van der Waals surface area contributed by atoms with E-state index < -0.39 is 5.97 Å². The predicted molar refractivity (Wildman–Crippen MR) is 70.6 cm³/mol. The zero-order valence-electron chi connectivity index (χ0n) is 10.4. The second-order valence-corrected chi connectivity index (χ2v) is 4.87. The van der Waals surface area contributed by atoms with Crippen LogP contribution in [0, 0.1) is 0 Å². The van der Waals surface area contributed by atoms with Crippen LogP contribution >= 0.6 is 11.6 Å². The highest BCUT2D eigenvalue weighted by molar-refractivity contribution is 6.33. The second-order valence-electron chi connectivity index (χ2n) is 4.46. The first-order valence-electron chi connectivity index (χ1n) is 5.88. The molecule has 1 aliphatic heterocycles. The molecular weight excluding hydrogens is 270 g/mol. The van der Waals surface area contributed by atoms with Gasteiger partial charge in [-0.3, -0.25) is 4.79 Å². The van der Waals surface area contributed by atoms with Crippen molar-refractivity contribution in [2.45, 2.75) is 19.4 Å². The van der Waals surface area contributed by atoms with Crippen molar-refractivity contribution in [3.8, 4) is 0 Å². The van der Waals surface area contributed by atoms with Gasteiger partial charge in [-0.15, -0.1) is 0 Å². The van der Waals surface area contributed by atoms with Crippen molar-refractivity contribution in [1.29, 1.82) is 0 Å². The van der Waals surface area contributed by atoms with Crippen LogP contribution in [0.5, 0.6) is 0 Å². The molecule has 1 aromatic rings. The van der Waals surface area contributed by atoms with E-state index in [9.17, 15) is 9.59 Å². The Bertz CT molecular complexity index is 521. The molecule has 19 heavy (non-hydrogen) atoms. The molecule has 1 aromatic heterocycles. The number of aromatic carboxylic acids is 1. The molecule has 2 N–H and O–H groups in total. The molecule has 2 heterocycles. The van der Waals surface area contributed by atoms with Crippen molar-refractivity contribution in [2.24, 2.45) is 0 Å². The van der Waals surface area contributed by atoms with Crippen LogP contribution in [0.15, 0.2) is 12.3 Å².